The van der Waals surface area contributed by atoms with Gasteiger partial charge in [-0.15, -0.1) is 0 Å². The van der Waals surface area contributed by atoms with Crippen LogP contribution >= 0.6 is 0 Å². The molecular weight excluding hydrogens is 328 g/mol. The summed E-state index contributed by atoms with van der Waals surface area (Å²) in [5.41, 5.74) is 1.77. The number of ether oxygens (including phenoxy) is 1. The maximum absolute atomic E-state index is 12.1. The average Bonchev–Trinajstić information content (AvgIpc) is 2.53. The predicted molar refractivity (Wildman–Crippen MR) is 100 cm³/mol. The van der Waals surface area contributed by atoms with Crippen molar-refractivity contribution in [2.75, 3.05) is 0 Å². The molecule has 1 N–H and O–H groups in total. The van der Waals surface area contributed by atoms with Crippen LogP contribution in [0, 0.1) is 28.6 Å². The van der Waals surface area contributed by atoms with Crippen molar-refractivity contribution in [1.82, 2.24) is 0 Å². The van der Waals surface area contributed by atoms with Gasteiger partial charge in [-0.1, -0.05) is 39.3 Å². The fourth-order valence-corrected chi connectivity index (χ4v) is 5.95. The molecule has 0 saturated heterocycles. The molecule has 0 unspecified atom stereocenters. The molecule has 3 rings (SSSR count). The van der Waals surface area contributed by atoms with Crippen LogP contribution in [0.5, 0.6) is 0 Å². The van der Waals surface area contributed by atoms with Gasteiger partial charge in [0.05, 0.1) is 5.41 Å². The van der Waals surface area contributed by atoms with Gasteiger partial charge in [0.15, 0.2) is 0 Å². The molecule has 3 aliphatic carbocycles. The average molecular weight is 360 g/mol. The standard InChI is InChI=1S/C22H32O4/c1-13(2)16-11-15-7-8-19-21(4,9-6-10-22(19,5)20(24)25)17(15)12-18(16)26-14(3)23/h7,11,13,17-19H,6,8-10,12H2,1-5H3,(H,24,25)/t17-,18-,19+,21+,22+/m1/s1. The Morgan fingerprint density at radius 2 is 1.96 bits per heavy atom. The number of aliphatic carboxylic acids is 1. The summed E-state index contributed by atoms with van der Waals surface area (Å²) in [6.45, 7) is 9.95. The Labute approximate surface area is 156 Å². The smallest absolute Gasteiger partial charge is 0.309 e. The lowest BCUT2D eigenvalue weighted by atomic mass is 9.46. The topological polar surface area (TPSA) is 63.6 Å². The fraction of sp³-hybridized carbons (Fsp3) is 0.727. The number of fused-ring (bicyclic) bond motifs is 3. The lowest BCUT2D eigenvalue weighted by molar-refractivity contribution is -0.163. The number of carboxylic acids is 1. The van der Waals surface area contributed by atoms with E-state index in [9.17, 15) is 14.7 Å². The molecule has 1 saturated carbocycles. The third kappa shape index (κ3) is 2.91. The zero-order valence-electron chi connectivity index (χ0n) is 16.7. The van der Waals surface area contributed by atoms with Gasteiger partial charge >= 0.3 is 11.9 Å². The quantitative estimate of drug-likeness (QED) is 0.738. The molecule has 0 bridgehead atoms. The molecule has 0 aliphatic heterocycles. The van der Waals surface area contributed by atoms with E-state index in [1.54, 1.807) is 0 Å². The van der Waals surface area contributed by atoms with Crippen LogP contribution in [0.4, 0.5) is 0 Å². The summed E-state index contributed by atoms with van der Waals surface area (Å²) in [6.07, 6.45) is 8.64. The Kier molecular flexibility index (Phi) is 4.83. The van der Waals surface area contributed by atoms with Crippen LogP contribution in [0.15, 0.2) is 23.3 Å². The molecule has 5 atom stereocenters. The number of hydrogen-bond acceptors (Lipinski definition) is 3. The lowest BCUT2D eigenvalue weighted by Gasteiger charge is -2.57. The van der Waals surface area contributed by atoms with E-state index in [0.29, 0.717) is 5.92 Å². The van der Waals surface area contributed by atoms with Crippen LogP contribution in [0.25, 0.3) is 0 Å². The fourth-order valence-electron chi connectivity index (χ4n) is 5.95. The third-order valence-corrected chi connectivity index (χ3v) is 7.38. The van der Waals surface area contributed by atoms with Crippen molar-refractivity contribution < 1.29 is 19.4 Å². The molecule has 4 nitrogen and oxygen atoms in total. The monoisotopic (exact) mass is 360 g/mol. The van der Waals surface area contributed by atoms with E-state index in [0.717, 1.165) is 32.1 Å². The number of rotatable bonds is 3. The molecule has 144 valence electrons. The number of esters is 1. The van der Waals surface area contributed by atoms with E-state index in [-0.39, 0.29) is 29.3 Å². The lowest BCUT2D eigenvalue weighted by Crippen LogP contribution is -2.54. The Balaban J connectivity index is 2.03. The number of hydrogen-bond donors (Lipinski definition) is 1. The molecule has 1 fully saturated rings. The summed E-state index contributed by atoms with van der Waals surface area (Å²) >= 11 is 0. The molecule has 0 amide bonds. The minimum atomic E-state index is -0.673. The molecule has 0 spiro atoms. The van der Waals surface area contributed by atoms with Crippen LogP contribution in [0.2, 0.25) is 0 Å². The summed E-state index contributed by atoms with van der Waals surface area (Å²) in [5, 5.41) is 9.93. The predicted octanol–water partition coefficient (Wildman–Crippen LogP) is 4.75. The largest absolute Gasteiger partial charge is 0.481 e. The zero-order chi connectivity index (χ0) is 19.3. The highest BCUT2D eigenvalue weighted by molar-refractivity contribution is 5.75. The molecule has 0 heterocycles. The van der Waals surface area contributed by atoms with E-state index in [1.165, 1.54) is 18.1 Å². The highest BCUT2D eigenvalue weighted by atomic mass is 16.5. The van der Waals surface area contributed by atoms with Gasteiger partial charge in [-0.2, -0.15) is 0 Å². The second-order valence-corrected chi connectivity index (χ2v) is 9.26. The number of carboxylic acid groups (broad SMARTS) is 1. The molecule has 0 aromatic rings. The van der Waals surface area contributed by atoms with Crippen molar-refractivity contribution in [1.29, 1.82) is 0 Å². The van der Waals surface area contributed by atoms with Gasteiger partial charge < -0.3 is 9.84 Å². The van der Waals surface area contributed by atoms with Gasteiger partial charge in [0, 0.05) is 6.92 Å². The Morgan fingerprint density at radius 1 is 1.27 bits per heavy atom. The molecule has 3 aliphatic rings. The molecule has 0 radical (unpaired) electrons. The maximum atomic E-state index is 12.1. The van der Waals surface area contributed by atoms with Crippen LogP contribution in [0.3, 0.4) is 0 Å². The number of carbonyl (C=O) groups excluding carboxylic acids is 1. The summed E-state index contributed by atoms with van der Waals surface area (Å²) in [6, 6.07) is 0. The number of allylic oxidation sites excluding steroid dienone is 3. The first-order chi connectivity index (χ1) is 12.1. The van der Waals surface area contributed by atoms with Gasteiger partial charge in [-0.25, -0.2) is 0 Å². The normalized spacial score (nSPS) is 39.4. The first-order valence-electron chi connectivity index (χ1n) is 9.91. The van der Waals surface area contributed by atoms with Crippen molar-refractivity contribution in [3.8, 4) is 0 Å². The molecule has 26 heavy (non-hydrogen) atoms. The Hall–Kier alpha value is -1.58. The maximum Gasteiger partial charge on any atom is 0.309 e. The van der Waals surface area contributed by atoms with E-state index < -0.39 is 11.4 Å². The van der Waals surface area contributed by atoms with Crippen LogP contribution in [-0.2, 0) is 14.3 Å². The van der Waals surface area contributed by atoms with Crippen LogP contribution in [-0.4, -0.2) is 23.1 Å². The molecule has 0 aromatic heterocycles. The van der Waals surface area contributed by atoms with Crippen molar-refractivity contribution in [2.24, 2.45) is 28.6 Å². The Morgan fingerprint density at radius 3 is 2.54 bits per heavy atom. The molecule has 0 aromatic carbocycles. The number of carbonyl (C=O) groups is 2. The van der Waals surface area contributed by atoms with Gasteiger partial charge in [0.25, 0.3) is 0 Å². The van der Waals surface area contributed by atoms with Crippen molar-refractivity contribution in [2.45, 2.75) is 72.8 Å². The summed E-state index contributed by atoms with van der Waals surface area (Å²) in [5.74, 6) is -0.210. The summed E-state index contributed by atoms with van der Waals surface area (Å²) < 4.78 is 5.69. The van der Waals surface area contributed by atoms with Gasteiger partial charge in [-0.05, 0) is 66.9 Å². The van der Waals surface area contributed by atoms with Crippen LogP contribution in [0.1, 0.15) is 66.7 Å². The van der Waals surface area contributed by atoms with Crippen molar-refractivity contribution in [3.63, 3.8) is 0 Å². The van der Waals surface area contributed by atoms with Crippen molar-refractivity contribution in [3.05, 3.63) is 23.3 Å². The second kappa shape index (κ2) is 6.54. The van der Waals surface area contributed by atoms with Gasteiger partial charge in [-0.3, -0.25) is 9.59 Å². The highest BCUT2D eigenvalue weighted by Gasteiger charge is 2.58. The van der Waals surface area contributed by atoms with Crippen molar-refractivity contribution >= 4 is 11.9 Å². The van der Waals surface area contributed by atoms with Gasteiger partial charge in [0.2, 0.25) is 0 Å². The second-order valence-electron chi connectivity index (χ2n) is 9.26. The van der Waals surface area contributed by atoms with E-state index >= 15 is 0 Å². The third-order valence-electron chi connectivity index (χ3n) is 7.38. The minimum absolute atomic E-state index is 0.0626. The summed E-state index contributed by atoms with van der Waals surface area (Å²) in [7, 11) is 0. The first kappa shape index (κ1) is 19.2. The van der Waals surface area contributed by atoms with E-state index in [1.807, 2.05) is 6.92 Å². The van der Waals surface area contributed by atoms with Crippen LogP contribution < -0.4 is 0 Å². The first-order valence-corrected chi connectivity index (χ1v) is 9.91. The summed E-state index contributed by atoms with van der Waals surface area (Å²) in [4.78, 5) is 23.7. The molecule has 4 heteroatoms. The SMILES string of the molecule is CC(=O)O[C@@H]1C[C@@H]2C(=CC[C@H]3[C@@]2(C)CCC[C@]3(C)C(=O)O)C=C1C(C)C. The highest BCUT2D eigenvalue weighted by Crippen LogP contribution is 2.62. The van der Waals surface area contributed by atoms with Gasteiger partial charge in [0.1, 0.15) is 6.10 Å². The Bertz CT molecular complexity index is 674. The zero-order valence-corrected chi connectivity index (χ0v) is 16.7. The van der Waals surface area contributed by atoms with E-state index in [2.05, 4.69) is 32.9 Å². The molecular formula is C22H32O4. The minimum Gasteiger partial charge on any atom is -0.481 e. The van der Waals surface area contributed by atoms with E-state index in [4.69, 9.17) is 4.74 Å².